The fraction of sp³-hybridized carbons (Fsp3) is 0.421. The fourth-order valence-electron chi connectivity index (χ4n) is 2.83. The highest BCUT2D eigenvalue weighted by Crippen LogP contribution is 2.21. The van der Waals surface area contributed by atoms with Crippen molar-refractivity contribution in [2.75, 3.05) is 19.7 Å². The quantitative estimate of drug-likeness (QED) is 0.834. The number of halogens is 1. The van der Waals surface area contributed by atoms with Crippen LogP contribution < -0.4 is 4.74 Å². The molecule has 0 bridgehead atoms. The third kappa shape index (κ3) is 4.69. The highest BCUT2D eigenvalue weighted by Gasteiger charge is 2.20. The summed E-state index contributed by atoms with van der Waals surface area (Å²) >= 11 is 5.92. The Morgan fingerprint density at radius 3 is 2.60 bits per heavy atom. The molecule has 132 valence electrons. The zero-order valence-corrected chi connectivity index (χ0v) is 15.3. The number of piperidine rings is 1. The molecule has 2 aromatic rings. The predicted octanol–water partition coefficient (Wildman–Crippen LogP) is 3.74. The van der Waals surface area contributed by atoms with Crippen molar-refractivity contribution in [3.63, 3.8) is 0 Å². The molecule has 3 rings (SSSR count). The Morgan fingerprint density at radius 1 is 1.24 bits per heavy atom. The number of aromatic nitrogens is 2. The summed E-state index contributed by atoms with van der Waals surface area (Å²) in [4.78, 5) is 23.0. The molecule has 1 fully saturated rings. The molecule has 0 unspecified atom stereocenters. The standard InChI is InChI=1S/C19H22ClN3O2/c1-13-7-9-23(10-8-13)18(24)12-25-17-11-14(2)21-19(22-17)15-3-5-16(20)6-4-15/h3-6,11,13H,7-10,12H2,1-2H3. The molecule has 0 atom stereocenters. The van der Waals surface area contributed by atoms with Gasteiger partial charge in [0.1, 0.15) is 0 Å². The molecule has 0 N–H and O–H groups in total. The molecular weight excluding hydrogens is 338 g/mol. The molecule has 1 amide bonds. The summed E-state index contributed by atoms with van der Waals surface area (Å²) < 4.78 is 5.65. The molecule has 25 heavy (non-hydrogen) atoms. The van der Waals surface area contributed by atoms with Crippen molar-refractivity contribution in [3.05, 3.63) is 41.0 Å². The number of aryl methyl sites for hydroxylation is 1. The zero-order valence-electron chi connectivity index (χ0n) is 14.5. The van der Waals surface area contributed by atoms with Crippen LogP contribution in [0.25, 0.3) is 11.4 Å². The van der Waals surface area contributed by atoms with E-state index in [1.165, 1.54) is 0 Å². The Hall–Kier alpha value is -2.14. The van der Waals surface area contributed by atoms with E-state index in [-0.39, 0.29) is 12.5 Å². The first-order valence-electron chi connectivity index (χ1n) is 8.53. The van der Waals surface area contributed by atoms with E-state index in [4.69, 9.17) is 16.3 Å². The minimum absolute atomic E-state index is 0.00485. The van der Waals surface area contributed by atoms with Crippen molar-refractivity contribution in [2.24, 2.45) is 5.92 Å². The highest BCUT2D eigenvalue weighted by molar-refractivity contribution is 6.30. The van der Waals surface area contributed by atoms with Gasteiger partial charge in [-0.1, -0.05) is 18.5 Å². The number of likely N-dealkylation sites (tertiary alicyclic amines) is 1. The first-order chi connectivity index (χ1) is 12.0. The fourth-order valence-corrected chi connectivity index (χ4v) is 2.95. The van der Waals surface area contributed by atoms with Crippen LogP contribution in [-0.2, 0) is 4.79 Å². The van der Waals surface area contributed by atoms with Crippen LogP contribution in [0.15, 0.2) is 30.3 Å². The molecule has 1 aliphatic heterocycles. The second-order valence-corrected chi connectivity index (χ2v) is 6.97. The van der Waals surface area contributed by atoms with Gasteiger partial charge in [0.05, 0.1) is 0 Å². The van der Waals surface area contributed by atoms with Gasteiger partial charge in [0, 0.05) is 35.4 Å². The Labute approximate surface area is 153 Å². The zero-order chi connectivity index (χ0) is 17.8. The first-order valence-corrected chi connectivity index (χ1v) is 8.91. The molecule has 0 aliphatic carbocycles. The van der Waals surface area contributed by atoms with Crippen LogP contribution in [-0.4, -0.2) is 40.5 Å². The number of ether oxygens (including phenoxy) is 1. The van der Waals surface area contributed by atoms with E-state index < -0.39 is 0 Å². The van der Waals surface area contributed by atoms with Crippen molar-refractivity contribution in [1.82, 2.24) is 14.9 Å². The average molecular weight is 360 g/mol. The molecule has 5 nitrogen and oxygen atoms in total. The Balaban J connectivity index is 1.66. The van der Waals surface area contributed by atoms with Crippen molar-refractivity contribution in [1.29, 1.82) is 0 Å². The lowest BCUT2D eigenvalue weighted by atomic mass is 9.99. The number of hydrogen-bond donors (Lipinski definition) is 0. The van der Waals surface area contributed by atoms with Gasteiger partial charge in [-0.25, -0.2) is 4.98 Å². The number of rotatable bonds is 4. The number of carbonyl (C=O) groups is 1. The van der Waals surface area contributed by atoms with E-state index in [1.54, 1.807) is 18.2 Å². The topological polar surface area (TPSA) is 55.3 Å². The van der Waals surface area contributed by atoms with Crippen LogP contribution in [0.4, 0.5) is 0 Å². The third-order valence-electron chi connectivity index (χ3n) is 4.41. The monoisotopic (exact) mass is 359 g/mol. The van der Waals surface area contributed by atoms with Crippen molar-refractivity contribution in [3.8, 4) is 17.3 Å². The van der Waals surface area contributed by atoms with E-state index in [1.807, 2.05) is 24.0 Å². The summed E-state index contributed by atoms with van der Waals surface area (Å²) in [5, 5.41) is 0.661. The molecule has 2 heterocycles. The van der Waals surface area contributed by atoms with Gasteiger partial charge in [0.15, 0.2) is 12.4 Å². The number of carbonyl (C=O) groups excluding carboxylic acids is 1. The summed E-state index contributed by atoms with van der Waals surface area (Å²) in [5.74, 6) is 1.68. The number of nitrogens with zero attached hydrogens (tertiary/aromatic N) is 3. The van der Waals surface area contributed by atoms with E-state index in [0.29, 0.717) is 22.6 Å². The van der Waals surface area contributed by atoms with E-state index in [0.717, 1.165) is 37.2 Å². The van der Waals surface area contributed by atoms with Crippen molar-refractivity contribution >= 4 is 17.5 Å². The van der Waals surface area contributed by atoms with E-state index >= 15 is 0 Å². The summed E-state index contributed by atoms with van der Waals surface area (Å²) in [6.45, 7) is 5.72. The predicted molar refractivity (Wildman–Crippen MR) is 97.7 cm³/mol. The summed E-state index contributed by atoms with van der Waals surface area (Å²) in [7, 11) is 0. The van der Waals surface area contributed by atoms with Crippen LogP contribution in [0.3, 0.4) is 0 Å². The largest absolute Gasteiger partial charge is 0.467 e. The van der Waals surface area contributed by atoms with E-state index in [2.05, 4.69) is 16.9 Å². The van der Waals surface area contributed by atoms with Crippen LogP contribution in [0.2, 0.25) is 5.02 Å². The van der Waals surface area contributed by atoms with Crippen molar-refractivity contribution in [2.45, 2.75) is 26.7 Å². The molecule has 0 saturated carbocycles. The second kappa shape index (κ2) is 7.83. The van der Waals surface area contributed by atoms with Gasteiger partial charge in [-0.2, -0.15) is 4.98 Å². The van der Waals surface area contributed by atoms with Crippen molar-refractivity contribution < 1.29 is 9.53 Å². The molecule has 6 heteroatoms. The molecule has 0 radical (unpaired) electrons. The minimum atomic E-state index is 0.00485. The van der Waals surface area contributed by atoms with Crippen LogP contribution in [0.5, 0.6) is 5.88 Å². The lowest BCUT2D eigenvalue weighted by Crippen LogP contribution is -2.40. The third-order valence-corrected chi connectivity index (χ3v) is 4.66. The number of amides is 1. The van der Waals surface area contributed by atoms with Crippen LogP contribution in [0, 0.1) is 12.8 Å². The molecular formula is C19H22ClN3O2. The summed E-state index contributed by atoms with van der Waals surface area (Å²) in [6.07, 6.45) is 2.11. The second-order valence-electron chi connectivity index (χ2n) is 6.53. The van der Waals surface area contributed by atoms with Gasteiger partial charge in [-0.3, -0.25) is 4.79 Å². The first kappa shape index (κ1) is 17.7. The maximum atomic E-state index is 12.3. The smallest absolute Gasteiger partial charge is 0.260 e. The molecule has 1 aromatic carbocycles. The van der Waals surface area contributed by atoms with E-state index in [9.17, 15) is 4.79 Å². The lowest BCUT2D eigenvalue weighted by molar-refractivity contribution is -0.134. The Morgan fingerprint density at radius 2 is 1.92 bits per heavy atom. The van der Waals surface area contributed by atoms with Gasteiger partial charge < -0.3 is 9.64 Å². The molecule has 1 saturated heterocycles. The Bertz CT molecular complexity index is 741. The summed E-state index contributed by atoms with van der Waals surface area (Å²) in [5.41, 5.74) is 1.64. The summed E-state index contributed by atoms with van der Waals surface area (Å²) in [6, 6.07) is 9.06. The highest BCUT2D eigenvalue weighted by atomic mass is 35.5. The molecule has 1 aromatic heterocycles. The van der Waals surface area contributed by atoms with Gasteiger partial charge in [-0.05, 0) is 49.9 Å². The van der Waals surface area contributed by atoms with Crippen LogP contribution in [0.1, 0.15) is 25.5 Å². The Kier molecular flexibility index (Phi) is 5.53. The SMILES string of the molecule is Cc1cc(OCC(=O)N2CCC(C)CC2)nc(-c2ccc(Cl)cc2)n1. The van der Waals surface area contributed by atoms with Gasteiger partial charge in [0.25, 0.3) is 5.91 Å². The maximum Gasteiger partial charge on any atom is 0.260 e. The van der Waals surface area contributed by atoms with Gasteiger partial charge in [0.2, 0.25) is 5.88 Å². The average Bonchev–Trinajstić information content (AvgIpc) is 2.60. The van der Waals surface area contributed by atoms with Crippen LogP contribution >= 0.6 is 11.6 Å². The number of hydrogen-bond acceptors (Lipinski definition) is 4. The lowest BCUT2D eigenvalue weighted by Gasteiger charge is -2.30. The van der Waals surface area contributed by atoms with Gasteiger partial charge >= 0.3 is 0 Å². The number of benzene rings is 1. The minimum Gasteiger partial charge on any atom is -0.467 e. The maximum absolute atomic E-state index is 12.3. The normalized spacial score (nSPS) is 15.2. The van der Waals surface area contributed by atoms with Gasteiger partial charge in [-0.15, -0.1) is 0 Å². The molecule has 0 spiro atoms. The molecule has 1 aliphatic rings.